The van der Waals surface area contributed by atoms with Crippen molar-refractivity contribution in [3.63, 3.8) is 0 Å². The molecule has 0 aliphatic heterocycles. The Morgan fingerprint density at radius 2 is 1.85 bits per heavy atom. The number of fused-ring (bicyclic) bond motifs is 1. The third-order valence-electron chi connectivity index (χ3n) is 4.51. The van der Waals surface area contributed by atoms with Crippen LogP contribution < -0.4 is 9.80 Å². The molecule has 0 aliphatic carbocycles. The summed E-state index contributed by atoms with van der Waals surface area (Å²) in [5.41, 5.74) is 7.12. The molecule has 4 aromatic rings. The number of pyridine rings is 1. The van der Waals surface area contributed by atoms with Crippen molar-refractivity contribution in [2.24, 2.45) is 0 Å². The zero-order valence-corrected chi connectivity index (χ0v) is 18.3. The monoisotopic (exact) mass is 478 g/mol. The number of halogens is 1. The van der Waals surface area contributed by atoms with Gasteiger partial charge < -0.3 is 0 Å². The first-order valence-corrected chi connectivity index (χ1v) is 10.2. The molecule has 132 valence electrons. The Morgan fingerprint density at radius 1 is 1.00 bits per heavy atom. The fourth-order valence-electron chi connectivity index (χ4n) is 3.18. The fourth-order valence-corrected chi connectivity index (χ4v) is 4.15. The normalized spacial score (nSPS) is 11.0. The molecular weight excluding hydrogens is 463 g/mol. The summed E-state index contributed by atoms with van der Waals surface area (Å²) < 4.78 is 1.90. The van der Waals surface area contributed by atoms with E-state index in [0.717, 1.165) is 42.4 Å². The van der Waals surface area contributed by atoms with Gasteiger partial charge in [0.2, 0.25) is 0 Å². The van der Waals surface area contributed by atoms with E-state index in [1.165, 1.54) is 5.56 Å². The van der Waals surface area contributed by atoms with Crippen LogP contribution in [-0.2, 0) is 0 Å². The summed E-state index contributed by atoms with van der Waals surface area (Å²) in [4.78, 5) is 13.6. The second-order valence-corrected chi connectivity index (χ2v) is 8.05. The van der Waals surface area contributed by atoms with Gasteiger partial charge in [-0.2, -0.15) is 0 Å². The van der Waals surface area contributed by atoms with Crippen molar-refractivity contribution >= 4 is 54.0 Å². The minimum atomic E-state index is 0.698. The molecule has 0 spiro atoms. The van der Waals surface area contributed by atoms with Gasteiger partial charge in [-0.1, -0.05) is 0 Å². The van der Waals surface area contributed by atoms with Crippen molar-refractivity contribution in [2.75, 3.05) is 12.4 Å². The first-order valence-electron chi connectivity index (χ1n) is 8.46. The molecule has 0 saturated carbocycles. The number of rotatable bonds is 3. The summed E-state index contributed by atoms with van der Waals surface area (Å²) in [5.74, 6) is 0. The van der Waals surface area contributed by atoms with Gasteiger partial charge in [-0.05, 0) is 0 Å². The van der Waals surface area contributed by atoms with Gasteiger partial charge in [0.25, 0.3) is 0 Å². The summed E-state index contributed by atoms with van der Waals surface area (Å²) in [5, 5.41) is 4.17. The third-order valence-corrected chi connectivity index (χ3v) is 5.72. The van der Waals surface area contributed by atoms with Crippen molar-refractivity contribution in [1.82, 2.24) is 15.0 Å². The van der Waals surface area contributed by atoms with Gasteiger partial charge in [0.05, 0.1) is 0 Å². The number of nitrogens with zero attached hydrogens (tertiary/aromatic N) is 3. The van der Waals surface area contributed by atoms with Crippen molar-refractivity contribution < 1.29 is 0 Å². The van der Waals surface area contributed by atoms with Gasteiger partial charge in [-0.15, -0.1) is 0 Å². The number of aromatic nitrogens is 3. The molecule has 2 aromatic carbocycles. The van der Waals surface area contributed by atoms with Gasteiger partial charge in [-0.25, -0.2) is 0 Å². The molecule has 0 amide bonds. The van der Waals surface area contributed by atoms with Crippen LogP contribution in [0.25, 0.3) is 33.4 Å². The zero-order valence-electron chi connectivity index (χ0n) is 14.9. The Labute approximate surface area is 175 Å². The van der Waals surface area contributed by atoms with E-state index in [9.17, 15) is 0 Å². The molecule has 2 aromatic heterocycles. The minimum absolute atomic E-state index is 0.698. The Bertz CT molecular complexity index is 1160. The number of hydrogen-bond donors (Lipinski definition) is 1. The molecule has 0 fully saturated rings. The predicted molar refractivity (Wildman–Crippen MR) is 116 cm³/mol. The Hall–Kier alpha value is -2.23. The van der Waals surface area contributed by atoms with Crippen LogP contribution in [0.2, 0.25) is 0 Å². The van der Waals surface area contributed by atoms with E-state index >= 15 is 0 Å². The van der Waals surface area contributed by atoms with E-state index < -0.39 is 0 Å². The van der Waals surface area contributed by atoms with Crippen LogP contribution in [0.1, 0.15) is 5.56 Å². The summed E-state index contributed by atoms with van der Waals surface area (Å²) in [6.45, 7) is 2.09. The number of aryl methyl sites for hydroxylation is 1. The van der Waals surface area contributed by atoms with Gasteiger partial charge >= 0.3 is 176 Å². The van der Waals surface area contributed by atoms with Crippen molar-refractivity contribution in [1.29, 1.82) is 0 Å². The summed E-state index contributed by atoms with van der Waals surface area (Å²) >= 11 is 6.09. The number of nitrogens with one attached hydrogen (secondary N) is 1. The second-order valence-electron chi connectivity index (χ2n) is 6.24. The second kappa shape index (κ2) is 7.41. The van der Waals surface area contributed by atoms with Gasteiger partial charge in [0.1, 0.15) is 0 Å². The van der Waals surface area contributed by atoms with Gasteiger partial charge in [-0.3, -0.25) is 0 Å². The van der Waals surface area contributed by atoms with Crippen molar-refractivity contribution in [2.45, 2.75) is 6.92 Å². The molecule has 0 aliphatic rings. The van der Waals surface area contributed by atoms with Crippen molar-refractivity contribution in [3.8, 4) is 22.4 Å². The van der Waals surface area contributed by atoms with Crippen LogP contribution in [0.15, 0.2) is 59.3 Å². The molecule has 0 atom stereocenters. The molecule has 6 heteroatoms. The summed E-state index contributed by atoms with van der Waals surface area (Å²) in [6, 6.07) is 16.7. The standard InChI is InChI=1S/C21H16AsBrN4/c1-12-8-14(6-7-17(12)24-2)18-10-16(13-4-3-5-15(23)9-13)19-20(22)25-11-26-21(19)27-18/h3-11,24H,1-2H3. The van der Waals surface area contributed by atoms with Gasteiger partial charge in [0.15, 0.2) is 0 Å². The molecular formula is C21H16AsBrN4. The molecule has 2 heterocycles. The molecule has 2 radical (unpaired) electrons. The maximum absolute atomic E-state index is 4.82. The van der Waals surface area contributed by atoms with Crippen LogP contribution >= 0.6 is 15.9 Å². The quantitative estimate of drug-likeness (QED) is 0.447. The zero-order chi connectivity index (χ0) is 19.0. The Balaban J connectivity index is 2.00. The molecule has 0 saturated heterocycles. The molecule has 0 unspecified atom stereocenters. The average Bonchev–Trinajstić information content (AvgIpc) is 2.67. The fraction of sp³-hybridized carbons (Fsp3) is 0.0952. The number of benzene rings is 2. The molecule has 0 bridgehead atoms. The van der Waals surface area contributed by atoms with E-state index in [-0.39, 0.29) is 0 Å². The molecule has 4 nitrogen and oxygen atoms in total. The topological polar surface area (TPSA) is 50.7 Å². The molecule has 4 rings (SSSR count). The SMILES string of the molecule is CNc1ccc(-c2cc(-c3cccc(Br)c3)c3c([As])ncnc3n2)cc1C. The predicted octanol–water partition coefficient (Wildman–Crippen LogP) is 4.27. The van der Waals surface area contributed by atoms with Crippen LogP contribution in [-0.4, -0.2) is 38.9 Å². The first kappa shape index (κ1) is 18.1. The molecule has 1 N–H and O–H groups in total. The van der Waals surface area contributed by atoms with Gasteiger partial charge in [0, 0.05) is 0 Å². The Kier molecular flexibility index (Phi) is 4.98. The average molecular weight is 479 g/mol. The Morgan fingerprint density at radius 3 is 2.59 bits per heavy atom. The maximum atomic E-state index is 4.82. The van der Waals surface area contributed by atoms with Crippen LogP contribution in [0.4, 0.5) is 5.69 Å². The summed E-state index contributed by atoms with van der Waals surface area (Å²) in [6.07, 6.45) is 1.56. The van der Waals surface area contributed by atoms with Crippen LogP contribution in [0.3, 0.4) is 0 Å². The van der Waals surface area contributed by atoms with Crippen LogP contribution in [0, 0.1) is 6.92 Å². The van der Waals surface area contributed by atoms with E-state index in [1.54, 1.807) is 6.33 Å². The number of anilines is 1. The third kappa shape index (κ3) is 3.49. The van der Waals surface area contributed by atoms with Crippen LogP contribution in [0.5, 0.6) is 0 Å². The summed E-state index contributed by atoms with van der Waals surface area (Å²) in [7, 11) is 1.93. The first-order chi connectivity index (χ1) is 13.1. The van der Waals surface area contributed by atoms with E-state index in [4.69, 9.17) is 4.98 Å². The van der Waals surface area contributed by atoms with Crippen molar-refractivity contribution in [3.05, 3.63) is 64.9 Å². The van der Waals surface area contributed by atoms with E-state index in [1.807, 2.05) is 19.2 Å². The van der Waals surface area contributed by atoms with E-state index in [0.29, 0.717) is 5.65 Å². The number of hydrogen-bond acceptors (Lipinski definition) is 4. The van der Waals surface area contributed by atoms with E-state index in [2.05, 4.69) is 91.4 Å². The molecule has 27 heavy (non-hydrogen) atoms.